The van der Waals surface area contributed by atoms with Crippen LogP contribution in [-0.2, 0) is 0 Å². The van der Waals surface area contributed by atoms with Crippen molar-refractivity contribution in [2.75, 3.05) is 0 Å². The molecule has 0 amide bonds. The third-order valence-electron chi connectivity index (χ3n) is 1.71. The van der Waals surface area contributed by atoms with Crippen LogP contribution in [0.3, 0.4) is 0 Å². The van der Waals surface area contributed by atoms with Gasteiger partial charge in [-0.15, -0.1) is 6.58 Å². The number of hydrogen-bond donors (Lipinski definition) is 0. The Labute approximate surface area is 74.9 Å². The van der Waals surface area contributed by atoms with Crippen molar-refractivity contribution >= 4 is 11.6 Å². The molecule has 0 radical (unpaired) electrons. The summed E-state index contributed by atoms with van der Waals surface area (Å²) < 4.78 is 0. The molecule has 0 aliphatic heterocycles. The average Bonchev–Trinajstić information content (AvgIpc) is 1.87. The van der Waals surface area contributed by atoms with Gasteiger partial charge in [-0.05, 0) is 18.3 Å². The van der Waals surface area contributed by atoms with E-state index in [1.165, 1.54) is 5.57 Å². The van der Waals surface area contributed by atoms with Gasteiger partial charge in [0.05, 0.1) is 0 Å². The van der Waals surface area contributed by atoms with Crippen molar-refractivity contribution < 1.29 is 0 Å². The molecule has 64 valence electrons. The van der Waals surface area contributed by atoms with Crippen molar-refractivity contribution in [3.63, 3.8) is 0 Å². The fraction of sp³-hybridized carbons (Fsp3) is 0.600. The molecule has 0 unspecified atom stereocenters. The van der Waals surface area contributed by atoms with Crippen LogP contribution in [0.2, 0.25) is 0 Å². The second kappa shape index (κ2) is 4.61. The van der Waals surface area contributed by atoms with Gasteiger partial charge in [0, 0.05) is 5.54 Å². The Balaban J connectivity index is 4.09. The molecule has 0 aliphatic carbocycles. The molecule has 0 atom stereocenters. The second-order valence-corrected chi connectivity index (χ2v) is 3.93. The topological polar surface area (TPSA) is 0 Å². The predicted octanol–water partition coefficient (Wildman–Crippen LogP) is 4.12. The zero-order valence-corrected chi connectivity index (χ0v) is 8.41. The van der Waals surface area contributed by atoms with Crippen molar-refractivity contribution in [3.8, 4) is 0 Å². The molecule has 1 heteroatoms. The normalized spacial score (nSPS) is 13.3. The molecular weight excluding hydrogens is 156 g/mol. The SMILES string of the molecule is C=CCC/C(=C/Cl)C(C)(C)C. The summed E-state index contributed by atoms with van der Waals surface area (Å²) in [5.74, 6) is 0. The van der Waals surface area contributed by atoms with Crippen molar-refractivity contribution in [2.45, 2.75) is 33.6 Å². The van der Waals surface area contributed by atoms with Gasteiger partial charge >= 0.3 is 0 Å². The van der Waals surface area contributed by atoms with Crippen LogP contribution in [0.1, 0.15) is 33.6 Å². The fourth-order valence-corrected chi connectivity index (χ4v) is 1.29. The summed E-state index contributed by atoms with van der Waals surface area (Å²) in [5.41, 5.74) is 3.19. The molecule has 0 rings (SSSR count). The molecule has 0 fully saturated rings. The maximum atomic E-state index is 5.69. The van der Waals surface area contributed by atoms with Gasteiger partial charge in [-0.3, -0.25) is 0 Å². The van der Waals surface area contributed by atoms with E-state index in [9.17, 15) is 0 Å². The summed E-state index contributed by atoms with van der Waals surface area (Å²) in [4.78, 5) is 0. The number of halogens is 1. The highest BCUT2D eigenvalue weighted by atomic mass is 35.5. The molecule has 0 aromatic heterocycles. The van der Waals surface area contributed by atoms with E-state index in [1.54, 1.807) is 5.54 Å². The van der Waals surface area contributed by atoms with E-state index >= 15 is 0 Å². The zero-order valence-electron chi connectivity index (χ0n) is 7.65. The van der Waals surface area contributed by atoms with Crippen molar-refractivity contribution in [1.29, 1.82) is 0 Å². The molecule has 11 heavy (non-hydrogen) atoms. The Kier molecular flexibility index (Phi) is 4.51. The molecule has 0 nitrogen and oxygen atoms in total. The predicted molar refractivity (Wildman–Crippen MR) is 52.8 cm³/mol. The minimum absolute atomic E-state index is 0.199. The van der Waals surface area contributed by atoms with Gasteiger partial charge in [0.1, 0.15) is 0 Å². The Morgan fingerprint density at radius 1 is 1.45 bits per heavy atom. The Hall–Kier alpha value is -0.230. The van der Waals surface area contributed by atoms with Crippen molar-refractivity contribution in [1.82, 2.24) is 0 Å². The average molecular weight is 173 g/mol. The van der Waals surface area contributed by atoms with E-state index in [1.807, 2.05) is 6.08 Å². The van der Waals surface area contributed by atoms with Crippen LogP contribution in [0.5, 0.6) is 0 Å². The van der Waals surface area contributed by atoms with Gasteiger partial charge in [0.15, 0.2) is 0 Å². The van der Waals surface area contributed by atoms with Gasteiger partial charge in [-0.25, -0.2) is 0 Å². The monoisotopic (exact) mass is 172 g/mol. The van der Waals surface area contributed by atoms with Gasteiger partial charge in [-0.1, -0.05) is 44.0 Å². The van der Waals surface area contributed by atoms with Crippen LogP contribution < -0.4 is 0 Å². The van der Waals surface area contributed by atoms with Gasteiger partial charge < -0.3 is 0 Å². The first-order chi connectivity index (χ1) is 5.02. The minimum atomic E-state index is 0.199. The van der Waals surface area contributed by atoms with Crippen LogP contribution in [0, 0.1) is 5.41 Å². The van der Waals surface area contributed by atoms with E-state index in [0.717, 1.165) is 12.8 Å². The molecule has 0 aromatic rings. The number of rotatable bonds is 3. The highest BCUT2D eigenvalue weighted by Crippen LogP contribution is 2.29. The van der Waals surface area contributed by atoms with Crippen LogP contribution >= 0.6 is 11.6 Å². The summed E-state index contributed by atoms with van der Waals surface area (Å²) in [5, 5.41) is 0. The highest BCUT2D eigenvalue weighted by molar-refractivity contribution is 6.25. The van der Waals surface area contributed by atoms with Crippen LogP contribution in [0.4, 0.5) is 0 Å². The van der Waals surface area contributed by atoms with Crippen LogP contribution in [0.25, 0.3) is 0 Å². The fourth-order valence-electron chi connectivity index (χ4n) is 0.851. The first-order valence-corrected chi connectivity index (χ1v) is 4.36. The Morgan fingerprint density at radius 3 is 2.27 bits per heavy atom. The standard InChI is InChI=1S/C10H17Cl/c1-5-6-7-9(8-11)10(2,3)4/h5,8H,1,6-7H2,2-4H3/b9-8-. The lowest BCUT2D eigenvalue weighted by molar-refractivity contribution is 0.484. The van der Waals surface area contributed by atoms with Crippen molar-refractivity contribution in [2.24, 2.45) is 5.41 Å². The molecule has 0 N–H and O–H groups in total. The molecular formula is C10H17Cl. The lowest BCUT2D eigenvalue weighted by Crippen LogP contribution is -2.08. The smallest absolute Gasteiger partial charge is 0.00398 e. The summed E-state index contributed by atoms with van der Waals surface area (Å²) in [7, 11) is 0. The van der Waals surface area contributed by atoms with E-state index in [0.29, 0.717) is 0 Å². The molecule has 0 saturated carbocycles. The van der Waals surface area contributed by atoms with Crippen LogP contribution in [-0.4, -0.2) is 0 Å². The largest absolute Gasteiger partial charge is 0.103 e. The van der Waals surface area contributed by atoms with Gasteiger partial charge in [0.25, 0.3) is 0 Å². The third-order valence-corrected chi connectivity index (χ3v) is 1.98. The lowest BCUT2D eigenvalue weighted by atomic mass is 9.85. The Morgan fingerprint density at radius 2 is 2.00 bits per heavy atom. The maximum absolute atomic E-state index is 5.69. The van der Waals surface area contributed by atoms with E-state index in [4.69, 9.17) is 11.6 Å². The zero-order chi connectivity index (χ0) is 8.91. The minimum Gasteiger partial charge on any atom is -0.103 e. The van der Waals surface area contributed by atoms with Crippen molar-refractivity contribution in [3.05, 3.63) is 23.8 Å². The molecule has 0 spiro atoms. The molecule has 0 bridgehead atoms. The molecule has 0 aliphatic rings. The van der Waals surface area contributed by atoms with Gasteiger partial charge in [0.2, 0.25) is 0 Å². The van der Waals surface area contributed by atoms with E-state index in [-0.39, 0.29) is 5.41 Å². The quantitative estimate of drug-likeness (QED) is 0.562. The maximum Gasteiger partial charge on any atom is 0.00398 e. The third kappa shape index (κ3) is 4.26. The Bertz CT molecular complexity index is 149. The molecule has 0 saturated heterocycles. The van der Waals surface area contributed by atoms with Crippen LogP contribution in [0.15, 0.2) is 23.8 Å². The van der Waals surface area contributed by atoms with E-state index in [2.05, 4.69) is 27.4 Å². The summed E-state index contributed by atoms with van der Waals surface area (Å²) in [6.07, 6.45) is 3.96. The summed E-state index contributed by atoms with van der Waals surface area (Å²) >= 11 is 5.69. The summed E-state index contributed by atoms with van der Waals surface area (Å²) in [6.45, 7) is 10.2. The highest BCUT2D eigenvalue weighted by Gasteiger charge is 2.15. The molecule has 0 heterocycles. The molecule has 0 aromatic carbocycles. The number of allylic oxidation sites excluding steroid dienone is 2. The summed E-state index contributed by atoms with van der Waals surface area (Å²) in [6, 6.07) is 0. The first-order valence-electron chi connectivity index (χ1n) is 3.93. The van der Waals surface area contributed by atoms with E-state index < -0.39 is 0 Å². The second-order valence-electron chi connectivity index (χ2n) is 3.71. The number of hydrogen-bond acceptors (Lipinski definition) is 0. The lowest BCUT2D eigenvalue weighted by Gasteiger charge is -2.21. The van der Waals surface area contributed by atoms with Gasteiger partial charge in [-0.2, -0.15) is 0 Å². The first kappa shape index (κ1) is 10.8.